The van der Waals surface area contributed by atoms with Crippen LogP contribution >= 0.6 is 11.8 Å². The van der Waals surface area contributed by atoms with Crippen LogP contribution in [-0.4, -0.2) is 31.6 Å². The van der Waals surface area contributed by atoms with Crippen LogP contribution in [0.3, 0.4) is 0 Å². The number of urea groups is 1. The standard InChI is InChI=1S/C17H25N5OS/c1-13(9-22-12-18-11-19-22)20-16(23)21-15-7-5-6-14(8-15)10-24-17(2,3)4/h5-8,11-13H,9-10H2,1-4H3,(H2,20,21,23)/t13-/m0/s1. The average molecular weight is 347 g/mol. The summed E-state index contributed by atoms with van der Waals surface area (Å²) in [6.07, 6.45) is 3.11. The SMILES string of the molecule is C[C@@H](Cn1cncn1)NC(=O)Nc1cccc(CSC(C)(C)C)c1. The van der Waals surface area contributed by atoms with Crippen LogP contribution in [0.2, 0.25) is 0 Å². The first kappa shape index (κ1) is 18.3. The molecule has 0 fully saturated rings. The van der Waals surface area contributed by atoms with E-state index in [1.54, 1.807) is 11.0 Å². The van der Waals surface area contributed by atoms with Crippen molar-refractivity contribution in [3.63, 3.8) is 0 Å². The van der Waals surface area contributed by atoms with E-state index in [1.807, 2.05) is 36.9 Å². The van der Waals surface area contributed by atoms with Gasteiger partial charge in [-0.15, -0.1) is 0 Å². The Hall–Kier alpha value is -2.02. The van der Waals surface area contributed by atoms with Crippen molar-refractivity contribution in [3.05, 3.63) is 42.5 Å². The van der Waals surface area contributed by atoms with Crippen molar-refractivity contribution in [3.8, 4) is 0 Å². The van der Waals surface area contributed by atoms with Crippen LogP contribution in [0.4, 0.5) is 10.5 Å². The Morgan fingerprint density at radius 1 is 1.38 bits per heavy atom. The van der Waals surface area contributed by atoms with Crippen LogP contribution in [-0.2, 0) is 12.3 Å². The third-order valence-electron chi connectivity index (χ3n) is 3.16. The number of benzene rings is 1. The minimum absolute atomic E-state index is 0.0497. The fourth-order valence-corrected chi connectivity index (χ4v) is 2.86. The van der Waals surface area contributed by atoms with Crippen LogP contribution in [0, 0.1) is 0 Å². The molecule has 0 unspecified atom stereocenters. The number of aromatic nitrogens is 3. The van der Waals surface area contributed by atoms with E-state index in [0.29, 0.717) is 6.54 Å². The minimum atomic E-state index is -0.219. The van der Waals surface area contributed by atoms with Gasteiger partial charge in [-0.05, 0) is 24.6 Å². The molecule has 130 valence electrons. The summed E-state index contributed by atoms with van der Waals surface area (Å²) >= 11 is 1.88. The van der Waals surface area contributed by atoms with E-state index in [-0.39, 0.29) is 16.8 Å². The van der Waals surface area contributed by atoms with E-state index < -0.39 is 0 Å². The van der Waals surface area contributed by atoms with Crippen molar-refractivity contribution >= 4 is 23.5 Å². The average Bonchev–Trinajstić information content (AvgIpc) is 2.97. The van der Waals surface area contributed by atoms with Crippen LogP contribution in [0.1, 0.15) is 33.3 Å². The summed E-state index contributed by atoms with van der Waals surface area (Å²) in [4.78, 5) is 16.0. The number of nitrogens with zero attached hydrogens (tertiary/aromatic N) is 3. The molecule has 0 saturated carbocycles. The van der Waals surface area contributed by atoms with Crippen molar-refractivity contribution in [1.29, 1.82) is 0 Å². The lowest BCUT2D eigenvalue weighted by Gasteiger charge is -2.18. The molecule has 2 amide bonds. The molecule has 24 heavy (non-hydrogen) atoms. The van der Waals surface area contributed by atoms with Crippen LogP contribution in [0.15, 0.2) is 36.9 Å². The first-order valence-corrected chi connectivity index (χ1v) is 8.93. The zero-order chi connectivity index (χ0) is 17.6. The van der Waals surface area contributed by atoms with Crippen molar-refractivity contribution < 1.29 is 4.79 Å². The molecule has 2 aromatic rings. The van der Waals surface area contributed by atoms with Crippen LogP contribution < -0.4 is 10.6 Å². The Balaban J connectivity index is 1.84. The molecule has 2 N–H and O–H groups in total. The van der Waals surface area contributed by atoms with Crippen LogP contribution in [0.25, 0.3) is 0 Å². The van der Waals surface area contributed by atoms with E-state index in [4.69, 9.17) is 0 Å². The lowest BCUT2D eigenvalue weighted by atomic mass is 10.2. The van der Waals surface area contributed by atoms with Gasteiger partial charge < -0.3 is 10.6 Å². The number of amides is 2. The van der Waals surface area contributed by atoms with Crippen molar-refractivity contribution in [2.45, 2.75) is 50.8 Å². The first-order chi connectivity index (χ1) is 11.3. The van der Waals surface area contributed by atoms with Crippen molar-refractivity contribution in [2.75, 3.05) is 5.32 Å². The third-order valence-corrected chi connectivity index (χ3v) is 4.51. The predicted octanol–water partition coefficient (Wildman–Crippen LogP) is 3.52. The quantitative estimate of drug-likeness (QED) is 0.839. The molecule has 6 nitrogen and oxygen atoms in total. The fraction of sp³-hybridized carbons (Fsp3) is 0.471. The predicted molar refractivity (Wildman–Crippen MR) is 99.1 cm³/mol. The summed E-state index contributed by atoms with van der Waals surface area (Å²) < 4.78 is 1.91. The van der Waals surface area contributed by atoms with Gasteiger partial charge >= 0.3 is 6.03 Å². The third kappa shape index (κ3) is 6.62. The number of carbonyl (C=O) groups excluding carboxylic acids is 1. The number of rotatable bonds is 6. The maximum Gasteiger partial charge on any atom is 0.319 e. The Morgan fingerprint density at radius 3 is 2.83 bits per heavy atom. The van der Waals surface area contributed by atoms with E-state index in [2.05, 4.69) is 47.6 Å². The molecular formula is C17H25N5OS. The number of carbonyl (C=O) groups is 1. The molecule has 0 spiro atoms. The summed E-state index contributed by atoms with van der Waals surface area (Å²) in [5, 5.41) is 9.81. The molecule has 0 aliphatic heterocycles. The highest BCUT2D eigenvalue weighted by Crippen LogP contribution is 2.27. The maximum atomic E-state index is 12.1. The van der Waals surface area contributed by atoms with Gasteiger partial charge in [-0.25, -0.2) is 9.78 Å². The van der Waals surface area contributed by atoms with Gasteiger partial charge in [0.15, 0.2) is 0 Å². The summed E-state index contributed by atoms with van der Waals surface area (Å²) in [6, 6.07) is 7.68. The molecular weight excluding hydrogens is 322 g/mol. The highest BCUT2D eigenvalue weighted by atomic mass is 32.2. The molecule has 0 saturated heterocycles. The Kier molecular flexibility index (Phi) is 6.25. The first-order valence-electron chi connectivity index (χ1n) is 7.95. The van der Waals surface area contributed by atoms with Crippen molar-refractivity contribution in [1.82, 2.24) is 20.1 Å². The van der Waals surface area contributed by atoms with Crippen LogP contribution in [0.5, 0.6) is 0 Å². The number of hydrogen-bond donors (Lipinski definition) is 2. The minimum Gasteiger partial charge on any atom is -0.334 e. The zero-order valence-corrected chi connectivity index (χ0v) is 15.4. The molecule has 2 rings (SSSR count). The van der Waals surface area contributed by atoms with Gasteiger partial charge in [0, 0.05) is 22.2 Å². The Bertz CT molecular complexity index is 651. The number of nitrogens with one attached hydrogen (secondary N) is 2. The second-order valence-electron chi connectivity index (χ2n) is 6.72. The monoisotopic (exact) mass is 347 g/mol. The molecule has 0 aliphatic carbocycles. The summed E-state index contributed by atoms with van der Waals surface area (Å²) in [7, 11) is 0. The van der Waals surface area contributed by atoms with E-state index in [0.717, 1.165) is 11.4 Å². The number of thioether (sulfide) groups is 1. The highest BCUT2D eigenvalue weighted by Gasteiger charge is 2.11. The molecule has 0 radical (unpaired) electrons. The van der Waals surface area contributed by atoms with Gasteiger partial charge in [-0.2, -0.15) is 16.9 Å². The Morgan fingerprint density at radius 2 is 2.17 bits per heavy atom. The second kappa shape index (κ2) is 8.19. The molecule has 1 aromatic carbocycles. The molecule has 7 heteroatoms. The lowest BCUT2D eigenvalue weighted by Crippen LogP contribution is -2.38. The van der Waals surface area contributed by atoms with Gasteiger partial charge in [0.25, 0.3) is 0 Å². The normalized spacial score (nSPS) is 12.7. The summed E-state index contributed by atoms with van der Waals surface area (Å²) in [5.74, 6) is 0.920. The molecule has 1 atom stereocenters. The second-order valence-corrected chi connectivity index (χ2v) is 8.52. The molecule has 1 aromatic heterocycles. The molecule has 0 bridgehead atoms. The molecule has 1 heterocycles. The van der Waals surface area contributed by atoms with Crippen molar-refractivity contribution in [2.24, 2.45) is 0 Å². The topological polar surface area (TPSA) is 71.8 Å². The van der Waals surface area contributed by atoms with Gasteiger partial charge in [-0.1, -0.05) is 32.9 Å². The zero-order valence-electron chi connectivity index (χ0n) is 14.6. The largest absolute Gasteiger partial charge is 0.334 e. The number of hydrogen-bond acceptors (Lipinski definition) is 4. The van der Waals surface area contributed by atoms with Gasteiger partial charge in [0.1, 0.15) is 12.7 Å². The van der Waals surface area contributed by atoms with Gasteiger partial charge in [0.05, 0.1) is 6.54 Å². The smallest absolute Gasteiger partial charge is 0.319 e. The van der Waals surface area contributed by atoms with Gasteiger partial charge in [0.2, 0.25) is 0 Å². The highest BCUT2D eigenvalue weighted by molar-refractivity contribution is 7.99. The van der Waals surface area contributed by atoms with E-state index in [9.17, 15) is 4.79 Å². The maximum absolute atomic E-state index is 12.1. The Labute approximate surface area is 147 Å². The summed E-state index contributed by atoms with van der Waals surface area (Å²) in [6.45, 7) is 9.10. The summed E-state index contributed by atoms with van der Waals surface area (Å²) in [5.41, 5.74) is 2.00. The van der Waals surface area contributed by atoms with E-state index >= 15 is 0 Å². The van der Waals surface area contributed by atoms with Gasteiger partial charge in [-0.3, -0.25) is 4.68 Å². The molecule has 0 aliphatic rings. The number of anilines is 1. The lowest BCUT2D eigenvalue weighted by molar-refractivity contribution is 0.247. The fourth-order valence-electron chi connectivity index (χ4n) is 2.08. The van der Waals surface area contributed by atoms with E-state index in [1.165, 1.54) is 11.9 Å².